The summed E-state index contributed by atoms with van der Waals surface area (Å²) in [5.41, 5.74) is -0.163. The van der Waals surface area contributed by atoms with Crippen molar-refractivity contribution in [2.75, 3.05) is 35.3 Å². The number of hydrogen-bond donors (Lipinski definition) is 0. The Bertz CT molecular complexity index is 525. The Kier molecular flexibility index (Phi) is 8.62. The van der Waals surface area contributed by atoms with E-state index in [9.17, 15) is 18.8 Å². The van der Waals surface area contributed by atoms with E-state index in [2.05, 4.69) is 20.0 Å². The molecule has 3 amide bonds. The lowest BCUT2D eigenvalue weighted by atomic mass is 10.2. The molecule has 0 unspecified atom stereocenters. The zero-order chi connectivity index (χ0) is 18.2. The molecule has 0 aliphatic heterocycles. The SMILES string of the molecule is CON=C(C)C(=NOC(=O)N(C)SN(C)C(=O)F)C(=O)N(C)C. The number of halogens is 1. The van der Waals surface area contributed by atoms with Crippen LogP contribution < -0.4 is 0 Å². The Hall–Kier alpha value is -2.37. The van der Waals surface area contributed by atoms with Crippen LogP contribution >= 0.6 is 12.1 Å². The van der Waals surface area contributed by atoms with Gasteiger partial charge in [-0.3, -0.25) is 9.63 Å². The highest BCUT2D eigenvalue weighted by atomic mass is 32.2. The van der Waals surface area contributed by atoms with Gasteiger partial charge in [0, 0.05) is 28.2 Å². The highest BCUT2D eigenvalue weighted by Gasteiger charge is 2.22. The first kappa shape index (κ1) is 20.6. The number of amides is 3. The van der Waals surface area contributed by atoms with Crippen molar-refractivity contribution in [2.45, 2.75) is 6.92 Å². The number of carbonyl (C=O) groups excluding carboxylic acids is 3. The first-order valence-electron chi connectivity index (χ1n) is 6.05. The summed E-state index contributed by atoms with van der Waals surface area (Å²) in [6, 6.07) is 0. The Morgan fingerprint density at radius 3 is 2.04 bits per heavy atom. The van der Waals surface area contributed by atoms with Crippen molar-refractivity contribution in [1.29, 1.82) is 0 Å². The van der Waals surface area contributed by atoms with Gasteiger partial charge in [-0.25, -0.2) is 18.2 Å². The predicted octanol–water partition coefficient (Wildman–Crippen LogP) is 1.11. The molecule has 0 saturated carbocycles. The summed E-state index contributed by atoms with van der Waals surface area (Å²) in [6.45, 7) is 1.44. The summed E-state index contributed by atoms with van der Waals surface area (Å²) >= 11 is 0.449. The number of carbonyl (C=O) groups is 3. The monoisotopic (exact) mass is 351 g/mol. The van der Waals surface area contributed by atoms with Gasteiger partial charge in [0.25, 0.3) is 5.91 Å². The van der Waals surface area contributed by atoms with Gasteiger partial charge >= 0.3 is 12.3 Å². The molecule has 0 aliphatic rings. The van der Waals surface area contributed by atoms with Gasteiger partial charge in [0.2, 0.25) is 0 Å². The van der Waals surface area contributed by atoms with E-state index in [1.54, 1.807) is 0 Å². The molecule has 0 bridgehead atoms. The Morgan fingerprint density at radius 1 is 1.04 bits per heavy atom. The molecule has 130 valence electrons. The molecular weight excluding hydrogens is 333 g/mol. The van der Waals surface area contributed by atoms with Crippen LogP contribution in [0.25, 0.3) is 0 Å². The van der Waals surface area contributed by atoms with Gasteiger partial charge < -0.3 is 9.74 Å². The van der Waals surface area contributed by atoms with E-state index < -0.39 is 18.2 Å². The normalized spacial score (nSPS) is 11.6. The second-order valence-corrected chi connectivity index (χ2v) is 5.44. The summed E-state index contributed by atoms with van der Waals surface area (Å²) < 4.78 is 13.8. The molecule has 0 fully saturated rings. The number of rotatable bonds is 6. The van der Waals surface area contributed by atoms with Crippen LogP contribution in [0.3, 0.4) is 0 Å². The van der Waals surface area contributed by atoms with Crippen molar-refractivity contribution in [2.24, 2.45) is 10.3 Å². The third kappa shape index (κ3) is 6.95. The molecule has 23 heavy (non-hydrogen) atoms. The van der Waals surface area contributed by atoms with Gasteiger partial charge in [0.15, 0.2) is 5.71 Å². The molecule has 10 nitrogen and oxygen atoms in total. The fourth-order valence-corrected chi connectivity index (χ4v) is 1.57. The average molecular weight is 351 g/mol. The van der Waals surface area contributed by atoms with E-state index in [4.69, 9.17) is 0 Å². The van der Waals surface area contributed by atoms with Crippen LogP contribution in [0.5, 0.6) is 0 Å². The molecule has 0 spiro atoms. The van der Waals surface area contributed by atoms with Gasteiger partial charge in [-0.15, -0.1) is 4.39 Å². The fourth-order valence-electron chi connectivity index (χ4n) is 1.04. The molecule has 0 heterocycles. The van der Waals surface area contributed by atoms with E-state index in [0.29, 0.717) is 16.4 Å². The molecule has 12 heteroatoms. The Balaban J connectivity index is 5.08. The van der Waals surface area contributed by atoms with Crippen molar-refractivity contribution in [1.82, 2.24) is 13.5 Å². The van der Waals surface area contributed by atoms with Crippen LogP contribution in [0.2, 0.25) is 0 Å². The van der Waals surface area contributed by atoms with Crippen LogP contribution in [-0.4, -0.2) is 78.4 Å². The van der Waals surface area contributed by atoms with E-state index in [0.717, 1.165) is 11.4 Å². The molecule has 0 aromatic heterocycles. The lowest BCUT2D eigenvalue weighted by Gasteiger charge is -2.18. The van der Waals surface area contributed by atoms with Crippen molar-refractivity contribution < 1.29 is 28.4 Å². The second-order valence-electron chi connectivity index (χ2n) is 4.19. The minimum Gasteiger partial charge on any atom is -0.399 e. The van der Waals surface area contributed by atoms with Crippen LogP contribution in [0.4, 0.5) is 14.0 Å². The summed E-state index contributed by atoms with van der Waals surface area (Å²) in [5.74, 6) is -0.567. The molecule has 0 aliphatic carbocycles. The summed E-state index contributed by atoms with van der Waals surface area (Å²) in [7, 11) is 6.58. The maximum absolute atomic E-state index is 12.4. The predicted molar refractivity (Wildman–Crippen MR) is 82.3 cm³/mol. The molecule has 0 N–H and O–H groups in total. The first-order chi connectivity index (χ1) is 10.6. The maximum atomic E-state index is 12.4. The molecule has 0 radical (unpaired) electrons. The van der Waals surface area contributed by atoms with E-state index in [1.165, 1.54) is 40.1 Å². The largest absolute Gasteiger partial charge is 0.447 e. The van der Waals surface area contributed by atoms with Gasteiger partial charge in [-0.1, -0.05) is 10.3 Å². The van der Waals surface area contributed by atoms with Gasteiger partial charge in [0.05, 0.1) is 12.1 Å². The topological polar surface area (TPSA) is 104 Å². The van der Waals surface area contributed by atoms with E-state index in [1.807, 2.05) is 0 Å². The number of hydrogen-bond acceptors (Lipinski definition) is 8. The number of nitrogens with zero attached hydrogens (tertiary/aromatic N) is 5. The van der Waals surface area contributed by atoms with Gasteiger partial charge in [-0.2, -0.15) is 0 Å². The zero-order valence-electron chi connectivity index (χ0n) is 13.6. The van der Waals surface area contributed by atoms with Crippen molar-refractivity contribution in [3.05, 3.63) is 0 Å². The standard InChI is InChI=1S/C11H18FN5O5S/c1-7(13-21-6)8(9(18)15(2)3)14-22-11(20)17(5)23-16(4)10(12)19/h1-6H3. The smallest absolute Gasteiger partial charge is 0.399 e. The average Bonchev–Trinajstić information content (AvgIpc) is 2.46. The number of oxime groups is 2. The molecule has 0 saturated heterocycles. The summed E-state index contributed by atoms with van der Waals surface area (Å²) in [4.78, 5) is 44.4. The van der Waals surface area contributed by atoms with Crippen LogP contribution in [0, 0.1) is 0 Å². The van der Waals surface area contributed by atoms with Crippen molar-refractivity contribution in [3.8, 4) is 0 Å². The Morgan fingerprint density at radius 2 is 1.61 bits per heavy atom. The van der Waals surface area contributed by atoms with Crippen molar-refractivity contribution in [3.63, 3.8) is 0 Å². The van der Waals surface area contributed by atoms with Crippen LogP contribution in [-0.2, 0) is 14.5 Å². The van der Waals surface area contributed by atoms with Gasteiger partial charge in [-0.05, 0) is 6.92 Å². The highest BCUT2D eigenvalue weighted by Crippen LogP contribution is 2.14. The molecule has 0 aromatic carbocycles. The molecule has 0 aromatic rings. The quantitative estimate of drug-likeness (QED) is 0.177. The maximum Gasteiger partial charge on any atom is 0.447 e. The van der Waals surface area contributed by atoms with E-state index >= 15 is 0 Å². The lowest BCUT2D eigenvalue weighted by Crippen LogP contribution is -2.35. The minimum atomic E-state index is -1.75. The lowest BCUT2D eigenvalue weighted by molar-refractivity contribution is -0.121. The second kappa shape index (κ2) is 9.61. The van der Waals surface area contributed by atoms with Crippen molar-refractivity contribution >= 4 is 41.7 Å². The summed E-state index contributed by atoms with van der Waals surface area (Å²) in [6.07, 6.45) is -2.78. The van der Waals surface area contributed by atoms with Crippen LogP contribution in [0.1, 0.15) is 6.92 Å². The molecule has 0 atom stereocenters. The van der Waals surface area contributed by atoms with E-state index in [-0.39, 0.29) is 11.4 Å². The Labute approximate surface area is 137 Å². The zero-order valence-corrected chi connectivity index (χ0v) is 14.4. The third-order valence-electron chi connectivity index (χ3n) is 2.14. The summed E-state index contributed by atoms with van der Waals surface area (Å²) in [5, 5.41) is 7.00. The van der Waals surface area contributed by atoms with Crippen LogP contribution in [0.15, 0.2) is 10.3 Å². The molecular formula is C11H18FN5O5S. The molecule has 0 rings (SSSR count). The third-order valence-corrected chi connectivity index (χ3v) is 2.93. The minimum absolute atomic E-state index is 0.0883. The first-order valence-corrected chi connectivity index (χ1v) is 6.78. The van der Waals surface area contributed by atoms with Gasteiger partial charge in [0.1, 0.15) is 12.8 Å². The fraction of sp³-hybridized carbons (Fsp3) is 0.545. The highest BCUT2D eigenvalue weighted by molar-refractivity contribution is 7.95.